The first-order chi connectivity index (χ1) is 14.3. The van der Waals surface area contributed by atoms with E-state index in [0.29, 0.717) is 17.1 Å². The van der Waals surface area contributed by atoms with E-state index in [4.69, 9.17) is 23.2 Å². The number of hydrogen-bond acceptors (Lipinski definition) is 3. The quantitative estimate of drug-likeness (QED) is 0.416. The maximum Gasteiger partial charge on any atom is 0.261 e. The molecule has 0 saturated heterocycles. The fourth-order valence-electron chi connectivity index (χ4n) is 2.77. The number of carbonyl (C=O) groups excluding carboxylic acids is 1. The van der Waals surface area contributed by atoms with Crippen LogP contribution in [0, 0.1) is 5.82 Å². The molecule has 0 aliphatic carbocycles. The number of hydrogen-bond donors (Lipinski definition) is 3. The number of H-pyrrole nitrogens is 1. The van der Waals surface area contributed by atoms with Gasteiger partial charge in [-0.15, -0.1) is 0 Å². The van der Waals surface area contributed by atoms with Crippen LogP contribution in [0.5, 0.6) is 0 Å². The predicted octanol–water partition coefficient (Wildman–Crippen LogP) is 5.13. The molecule has 1 heterocycles. The molecular formula is C19H17Cl2FN4O3S. The lowest BCUT2D eigenvalue weighted by molar-refractivity contribution is 0.102. The Labute approximate surface area is 184 Å². The van der Waals surface area contributed by atoms with E-state index in [1.165, 1.54) is 12.1 Å². The van der Waals surface area contributed by atoms with Crippen molar-refractivity contribution in [2.45, 2.75) is 13.3 Å². The van der Waals surface area contributed by atoms with Crippen LogP contribution in [0.1, 0.15) is 23.7 Å². The van der Waals surface area contributed by atoms with Gasteiger partial charge in [0.15, 0.2) is 11.6 Å². The molecule has 0 saturated carbocycles. The average molecular weight is 471 g/mol. The molecule has 3 rings (SSSR count). The molecule has 3 N–H and O–H groups in total. The predicted molar refractivity (Wildman–Crippen MR) is 117 cm³/mol. The zero-order valence-corrected chi connectivity index (χ0v) is 18.0. The van der Waals surface area contributed by atoms with Crippen molar-refractivity contribution < 1.29 is 17.9 Å². The number of nitrogens with zero attached hydrogens (tertiary/aromatic N) is 2. The number of amides is 1. The normalized spacial score (nSPS) is 11.9. The number of nitrogens with one attached hydrogen (secondary N) is 2. The number of aromatic nitrogens is 2. The van der Waals surface area contributed by atoms with Crippen LogP contribution >= 0.6 is 23.2 Å². The van der Waals surface area contributed by atoms with Crippen LogP contribution in [0.2, 0.25) is 10.0 Å². The van der Waals surface area contributed by atoms with Crippen LogP contribution < -0.4 is 9.62 Å². The smallest absolute Gasteiger partial charge is 0.261 e. The standard InChI is InChI=1S/C19H17Cl2FN4O3S/c1-2-9-26(30(28)29)15-8-7-13(21)17(18(15)22)19(27)23-16-10-14(24-25-16)11-3-5-12(20)6-4-11/h3-8,10H,2,9H2,1H3,(H,28,29)(H2,23,24,25,27). The molecule has 11 heteroatoms. The van der Waals surface area contributed by atoms with E-state index in [-0.39, 0.29) is 23.1 Å². The zero-order valence-electron chi connectivity index (χ0n) is 15.7. The number of aromatic amines is 1. The number of carbonyl (C=O) groups is 1. The summed E-state index contributed by atoms with van der Waals surface area (Å²) >= 11 is 9.46. The number of anilines is 2. The maximum absolute atomic E-state index is 15.1. The van der Waals surface area contributed by atoms with Crippen molar-refractivity contribution in [3.05, 3.63) is 63.9 Å². The van der Waals surface area contributed by atoms with E-state index < -0.39 is 28.6 Å². The first-order valence-electron chi connectivity index (χ1n) is 8.81. The van der Waals surface area contributed by atoms with Gasteiger partial charge in [0, 0.05) is 17.6 Å². The minimum Gasteiger partial charge on any atom is -0.305 e. The number of benzene rings is 2. The second-order valence-corrected chi connectivity index (χ2v) is 7.96. The summed E-state index contributed by atoms with van der Waals surface area (Å²) in [6.45, 7) is 1.89. The van der Waals surface area contributed by atoms with Crippen molar-refractivity contribution in [3.63, 3.8) is 0 Å². The molecule has 1 aromatic heterocycles. The third-order valence-corrected chi connectivity index (χ3v) is 5.48. The van der Waals surface area contributed by atoms with Gasteiger partial charge in [-0.05, 0) is 36.2 Å². The Hall–Kier alpha value is -2.46. The van der Waals surface area contributed by atoms with Gasteiger partial charge >= 0.3 is 0 Å². The van der Waals surface area contributed by atoms with E-state index in [0.717, 1.165) is 9.87 Å². The highest BCUT2D eigenvalue weighted by molar-refractivity contribution is 7.80. The van der Waals surface area contributed by atoms with Crippen molar-refractivity contribution in [1.82, 2.24) is 10.2 Å². The van der Waals surface area contributed by atoms with Crippen molar-refractivity contribution in [2.24, 2.45) is 0 Å². The van der Waals surface area contributed by atoms with Gasteiger partial charge in [0.1, 0.15) is 0 Å². The zero-order chi connectivity index (χ0) is 21.8. The topological polar surface area (TPSA) is 98.3 Å². The summed E-state index contributed by atoms with van der Waals surface area (Å²) in [5.41, 5.74) is 0.763. The Morgan fingerprint density at radius 2 is 1.97 bits per heavy atom. The SMILES string of the molecule is CCCN(c1ccc(Cl)c(C(=O)Nc2cc(-c3ccc(Cl)cc3)[nH]n2)c1F)S(=O)O. The summed E-state index contributed by atoms with van der Waals surface area (Å²) < 4.78 is 37.0. The van der Waals surface area contributed by atoms with Gasteiger partial charge in [0.05, 0.1) is 22.0 Å². The van der Waals surface area contributed by atoms with Gasteiger partial charge in [-0.1, -0.05) is 42.3 Å². The first kappa shape index (κ1) is 22.2. The van der Waals surface area contributed by atoms with Crippen molar-refractivity contribution in [1.29, 1.82) is 0 Å². The molecule has 0 aliphatic heterocycles. The molecule has 0 radical (unpaired) electrons. The summed E-state index contributed by atoms with van der Waals surface area (Å²) in [7, 11) is 0. The molecule has 3 aromatic rings. The Kier molecular flexibility index (Phi) is 7.09. The second-order valence-electron chi connectivity index (χ2n) is 6.22. The van der Waals surface area contributed by atoms with E-state index in [9.17, 15) is 13.6 Å². The van der Waals surface area contributed by atoms with Crippen molar-refractivity contribution in [3.8, 4) is 11.3 Å². The minimum absolute atomic E-state index is 0.118. The van der Waals surface area contributed by atoms with Gasteiger partial charge in [-0.2, -0.15) is 5.10 Å². The second kappa shape index (κ2) is 9.57. The summed E-state index contributed by atoms with van der Waals surface area (Å²) in [6, 6.07) is 11.1. The van der Waals surface area contributed by atoms with Crippen molar-refractivity contribution in [2.75, 3.05) is 16.2 Å². The Bertz CT molecular complexity index is 1090. The Balaban J connectivity index is 1.88. The van der Waals surface area contributed by atoms with Crippen LogP contribution in [0.4, 0.5) is 15.9 Å². The highest BCUT2D eigenvalue weighted by atomic mass is 35.5. The maximum atomic E-state index is 15.1. The van der Waals surface area contributed by atoms with Crippen LogP contribution in [0.3, 0.4) is 0 Å². The van der Waals surface area contributed by atoms with Crippen molar-refractivity contribution >= 4 is 51.9 Å². The third kappa shape index (κ3) is 4.81. The van der Waals surface area contributed by atoms with Crippen LogP contribution in [0.25, 0.3) is 11.3 Å². The molecule has 1 atom stereocenters. The Morgan fingerprint density at radius 3 is 2.60 bits per heavy atom. The largest absolute Gasteiger partial charge is 0.305 e. The van der Waals surface area contributed by atoms with Gasteiger partial charge < -0.3 is 5.32 Å². The number of rotatable bonds is 7. The molecule has 2 aromatic carbocycles. The van der Waals surface area contributed by atoms with Gasteiger partial charge in [-0.25, -0.2) is 8.60 Å². The minimum atomic E-state index is -2.46. The highest BCUT2D eigenvalue weighted by Gasteiger charge is 2.24. The molecule has 7 nitrogen and oxygen atoms in total. The molecule has 0 bridgehead atoms. The van der Waals surface area contributed by atoms with E-state index in [2.05, 4.69) is 15.5 Å². The summed E-state index contributed by atoms with van der Waals surface area (Å²) in [5.74, 6) is -1.68. The molecule has 30 heavy (non-hydrogen) atoms. The molecular weight excluding hydrogens is 454 g/mol. The van der Waals surface area contributed by atoms with Crippen LogP contribution in [0.15, 0.2) is 42.5 Å². The summed E-state index contributed by atoms with van der Waals surface area (Å²) in [6.07, 6.45) is 0.497. The molecule has 0 aliphatic rings. The van der Waals surface area contributed by atoms with E-state index in [1.54, 1.807) is 37.3 Å². The fourth-order valence-corrected chi connectivity index (χ4v) is 3.78. The number of halogens is 3. The van der Waals surface area contributed by atoms with Crippen LogP contribution in [-0.4, -0.2) is 31.4 Å². The molecule has 0 spiro atoms. The van der Waals surface area contributed by atoms with E-state index >= 15 is 4.39 Å². The molecule has 1 amide bonds. The van der Waals surface area contributed by atoms with Crippen LogP contribution in [-0.2, 0) is 11.3 Å². The monoisotopic (exact) mass is 470 g/mol. The van der Waals surface area contributed by atoms with E-state index in [1.807, 2.05) is 0 Å². The van der Waals surface area contributed by atoms with Gasteiger partial charge in [-0.3, -0.25) is 18.8 Å². The average Bonchev–Trinajstić information content (AvgIpc) is 3.15. The third-order valence-electron chi connectivity index (χ3n) is 4.16. The highest BCUT2D eigenvalue weighted by Crippen LogP contribution is 2.30. The summed E-state index contributed by atoms with van der Waals surface area (Å²) in [4.78, 5) is 12.7. The lowest BCUT2D eigenvalue weighted by Gasteiger charge is -2.21. The lowest BCUT2D eigenvalue weighted by atomic mass is 10.1. The molecule has 158 valence electrons. The first-order valence-corrected chi connectivity index (χ1v) is 10.6. The Morgan fingerprint density at radius 1 is 1.27 bits per heavy atom. The lowest BCUT2D eigenvalue weighted by Crippen LogP contribution is -2.28. The fraction of sp³-hybridized carbons (Fsp3) is 0.158. The van der Waals surface area contributed by atoms with Gasteiger partial charge in [0.25, 0.3) is 17.2 Å². The molecule has 0 fully saturated rings. The van der Waals surface area contributed by atoms with Gasteiger partial charge in [0.2, 0.25) is 0 Å². The molecule has 1 unspecified atom stereocenters. The summed E-state index contributed by atoms with van der Waals surface area (Å²) in [5, 5.41) is 9.70.